The molecule has 0 aliphatic heterocycles. The fourth-order valence-electron chi connectivity index (χ4n) is 3.74. The second-order valence-corrected chi connectivity index (χ2v) is 8.24. The zero-order valence-electron chi connectivity index (χ0n) is 17.2. The van der Waals surface area contributed by atoms with Crippen LogP contribution in [0.1, 0.15) is 43.1 Å². The summed E-state index contributed by atoms with van der Waals surface area (Å²) in [5, 5.41) is 3.12. The van der Waals surface area contributed by atoms with E-state index in [0.717, 1.165) is 5.56 Å². The van der Waals surface area contributed by atoms with Gasteiger partial charge in [0.25, 0.3) is 5.56 Å². The molecule has 0 saturated heterocycles. The van der Waals surface area contributed by atoms with E-state index in [1.807, 2.05) is 18.2 Å². The molecular weight excluding hydrogens is 382 g/mol. The first-order valence-corrected chi connectivity index (χ1v) is 9.90. The molecule has 7 heteroatoms. The van der Waals surface area contributed by atoms with Crippen LogP contribution in [0.5, 0.6) is 0 Å². The van der Waals surface area contributed by atoms with Crippen LogP contribution in [0.15, 0.2) is 47.4 Å². The van der Waals surface area contributed by atoms with Gasteiger partial charge in [-0.25, -0.2) is 4.79 Å². The van der Waals surface area contributed by atoms with Crippen LogP contribution in [0, 0.1) is 0 Å². The quantitative estimate of drug-likeness (QED) is 0.525. The van der Waals surface area contributed by atoms with Gasteiger partial charge in [-0.05, 0) is 39.3 Å². The number of benzene rings is 1. The maximum absolute atomic E-state index is 13.2. The number of ketones is 1. The molecule has 0 fully saturated rings. The van der Waals surface area contributed by atoms with E-state index in [0.29, 0.717) is 47.2 Å². The van der Waals surface area contributed by atoms with E-state index in [2.05, 4.69) is 10.3 Å². The lowest BCUT2D eigenvalue weighted by Crippen LogP contribution is -2.33. The van der Waals surface area contributed by atoms with Crippen LogP contribution in [0.2, 0.25) is 0 Å². The summed E-state index contributed by atoms with van der Waals surface area (Å²) in [7, 11) is 0. The fourth-order valence-corrected chi connectivity index (χ4v) is 3.74. The molecule has 1 N–H and O–H groups in total. The third kappa shape index (κ3) is 3.47. The topological polar surface area (TPSA) is 90.3 Å². The third-order valence-corrected chi connectivity index (χ3v) is 4.91. The third-order valence-electron chi connectivity index (χ3n) is 4.91. The monoisotopic (exact) mass is 405 g/mol. The van der Waals surface area contributed by atoms with E-state index in [1.165, 1.54) is 0 Å². The van der Waals surface area contributed by atoms with Crippen molar-refractivity contribution >= 4 is 22.8 Å². The highest BCUT2D eigenvalue weighted by Crippen LogP contribution is 2.38. The Labute approximate surface area is 173 Å². The Hall–Kier alpha value is -3.48. The molecule has 0 bridgehead atoms. The Bertz CT molecular complexity index is 1220. The number of ether oxygens (including phenoxy) is 1. The Morgan fingerprint density at radius 1 is 1.10 bits per heavy atom. The van der Waals surface area contributed by atoms with Crippen molar-refractivity contribution in [2.45, 2.75) is 39.3 Å². The standard InChI is InChI=1S/C23H23N3O4/c1-23(2,3)30-22(29)25-12-7-13-26-19-14-8-4-5-9-15(14)20(27)17(19)18-16(21(26)28)10-6-11-24-18/h4-6,8-11H,7,12-13H2,1-3H3,(H,25,29). The number of carbonyl (C=O) groups is 2. The van der Waals surface area contributed by atoms with Crippen molar-refractivity contribution in [2.75, 3.05) is 6.54 Å². The number of hydrogen-bond donors (Lipinski definition) is 1. The highest BCUT2D eigenvalue weighted by molar-refractivity contribution is 6.26. The highest BCUT2D eigenvalue weighted by atomic mass is 16.6. The first kappa shape index (κ1) is 19.8. The van der Waals surface area contributed by atoms with E-state index in [-0.39, 0.29) is 11.3 Å². The van der Waals surface area contributed by atoms with Gasteiger partial charge in [0.2, 0.25) is 0 Å². The number of nitrogens with one attached hydrogen (secondary N) is 1. The Morgan fingerprint density at radius 2 is 1.83 bits per heavy atom. The molecule has 0 spiro atoms. The maximum Gasteiger partial charge on any atom is 0.407 e. The summed E-state index contributed by atoms with van der Waals surface area (Å²) in [5.74, 6) is -0.120. The fraction of sp³-hybridized carbons (Fsp3) is 0.304. The lowest BCUT2D eigenvalue weighted by atomic mass is 10.1. The van der Waals surface area contributed by atoms with Crippen LogP contribution >= 0.6 is 0 Å². The number of amides is 1. The lowest BCUT2D eigenvalue weighted by molar-refractivity contribution is 0.0526. The van der Waals surface area contributed by atoms with Crippen LogP contribution in [0.3, 0.4) is 0 Å². The molecule has 7 nitrogen and oxygen atoms in total. The van der Waals surface area contributed by atoms with Crippen LogP contribution < -0.4 is 10.9 Å². The molecule has 30 heavy (non-hydrogen) atoms. The second-order valence-electron chi connectivity index (χ2n) is 8.24. The van der Waals surface area contributed by atoms with Gasteiger partial charge < -0.3 is 14.6 Å². The molecule has 1 aromatic carbocycles. The molecule has 0 atom stereocenters. The van der Waals surface area contributed by atoms with Crippen LogP contribution in [0.25, 0.3) is 22.2 Å². The Morgan fingerprint density at radius 3 is 2.57 bits per heavy atom. The lowest BCUT2D eigenvalue weighted by Gasteiger charge is -2.20. The van der Waals surface area contributed by atoms with Crippen molar-refractivity contribution in [1.82, 2.24) is 14.9 Å². The number of fused-ring (bicyclic) bond motifs is 5. The number of alkyl carbamates (subject to hydrolysis) is 1. The van der Waals surface area contributed by atoms with Gasteiger partial charge in [0, 0.05) is 30.4 Å². The van der Waals surface area contributed by atoms with Crippen molar-refractivity contribution < 1.29 is 14.3 Å². The van der Waals surface area contributed by atoms with Gasteiger partial charge in [-0.3, -0.25) is 14.6 Å². The minimum absolute atomic E-state index is 0.120. The molecular formula is C23H23N3O4. The van der Waals surface area contributed by atoms with Gasteiger partial charge >= 0.3 is 6.09 Å². The predicted molar refractivity (Wildman–Crippen MR) is 114 cm³/mol. The summed E-state index contributed by atoms with van der Waals surface area (Å²) >= 11 is 0. The van der Waals surface area contributed by atoms with Gasteiger partial charge in [0.05, 0.1) is 22.2 Å². The summed E-state index contributed by atoms with van der Waals surface area (Å²) in [6, 6.07) is 10.7. The van der Waals surface area contributed by atoms with Gasteiger partial charge in [-0.1, -0.05) is 24.3 Å². The molecule has 3 aromatic rings. The van der Waals surface area contributed by atoms with Gasteiger partial charge in [-0.15, -0.1) is 0 Å². The van der Waals surface area contributed by atoms with Crippen molar-refractivity contribution in [3.05, 3.63) is 64.1 Å². The summed E-state index contributed by atoms with van der Waals surface area (Å²) in [5.41, 5.74) is 2.04. The molecule has 154 valence electrons. The van der Waals surface area contributed by atoms with E-state index in [4.69, 9.17) is 4.74 Å². The molecule has 0 unspecified atom stereocenters. The summed E-state index contributed by atoms with van der Waals surface area (Å²) in [4.78, 5) is 42.5. The van der Waals surface area contributed by atoms with E-state index < -0.39 is 11.7 Å². The van der Waals surface area contributed by atoms with Crippen molar-refractivity contribution in [3.63, 3.8) is 0 Å². The Kier molecular flexibility index (Phi) is 4.89. The molecule has 2 heterocycles. The number of aromatic nitrogens is 2. The normalized spacial score (nSPS) is 12.6. The summed E-state index contributed by atoms with van der Waals surface area (Å²) in [6.07, 6.45) is 1.60. The molecule has 0 saturated carbocycles. The number of rotatable bonds is 4. The minimum Gasteiger partial charge on any atom is -0.444 e. The molecule has 1 aliphatic rings. The second kappa shape index (κ2) is 7.40. The summed E-state index contributed by atoms with van der Waals surface area (Å²) in [6.45, 7) is 6.09. The van der Waals surface area contributed by atoms with Crippen LogP contribution in [-0.2, 0) is 11.3 Å². The molecule has 1 aliphatic carbocycles. The molecule has 1 amide bonds. The average molecular weight is 405 g/mol. The first-order chi connectivity index (χ1) is 14.3. The van der Waals surface area contributed by atoms with Gasteiger partial charge in [0.1, 0.15) is 5.60 Å². The maximum atomic E-state index is 13.2. The predicted octanol–water partition coefficient (Wildman–Crippen LogP) is 3.52. The smallest absolute Gasteiger partial charge is 0.407 e. The van der Waals surface area contributed by atoms with Gasteiger partial charge in [-0.2, -0.15) is 0 Å². The van der Waals surface area contributed by atoms with Crippen molar-refractivity contribution in [2.24, 2.45) is 0 Å². The first-order valence-electron chi connectivity index (χ1n) is 9.90. The van der Waals surface area contributed by atoms with Crippen molar-refractivity contribution in [1.29, 1.82) is 0 Å². The molecule has 4 rings (SSSR count). The van der Waals surface area contributed by atoms with E-state index in [1.54, 1.807) is 49.7 Å². The zero-order valence-corrected chi connectivity index (χ0v) is 17.2. The number of carbonyl (C=O) groups excluding carboxylic acids is 2. The van der Waals surface area contributed by atoms with Crippen molar-refractivity contribution in [3.8, 4) is 11.3 Å². The SMILES string of the molecule is CC(C)(C)OC(=O)NCCCn1c2c(c3ncccc3c1=O)C(=O)c1ccccc1-2. The number of hydrogen-bond acceptors (Lipinski definition) is 5. The zero-order chi connectivity index (χ0) is 21.5. The average Bonchev–Trinajstić information content (AvgIpc) is 2.99. The molecule has 2 aromatic heterocycles. The highest BCUT2D eigenvalue weighted by Gasteiger charge is 2.32. The van der Waals surface area contributed by atoms with Crippen LogP contribution in [-0.4, -0.2) is 33.6 Å². The number of pyridine rings is 2. The molecule has 0 radical (unpaired) electrons. The summed E-state index contributed by atoms with van der Waals surface area (Å²) < 4.78 is 6.86. The van der Waals surface area contributed by atoms with E-state index >= 15 is 0 Å². The van der Waals surface area contributed by atoms with E-state index in [9.17, 15) is 14.4 Å². The van der Waals surface area contributed by atoms with Gasteiger partial charge in [0.15, 0.2) is 5.78 Å². The largest absolute Gasteiger partial charge is 0.444 e. The number of nitrogens with zero attached hydrogens (tertiary/aromatic N) is 2. The Balaban J connectivity index is 1.68. The van der Waals surface area contributed by atoms with Crippen LogP contribution in [0.4, 0.5) is 4.79 Å². The minimum atomic E-state index is -0.572.